The van der Waals surface area contributed by atoms with E-state index in [4.69, 9.17) is 10.5 Å². The van der Waals surface area contributed by atoms with Gasteiger partial charge < -0.3 is 20.1 Å². The van der Waals surface area contributed by atoms with Crippen LogP contribution in [0.5, 0.6) is 5.75 Å². The van der Waals surface area contributed by atoms with Crippen molar-refractivity contribution in [1.82, 2.24) is 9.55 Å². The predicted octanol–water partition coefficient (Wildman–Crippen LogP) is 1.53. The van der Waals surface area contributed by atoms with Crippen LogP contribution in [0.4, 0.5) is 0 Å². The average Bonchev–Trinajstić information content (AvgIpc) is 2.86. The molecule has 0 spiro atoms. The molecule has 1 aliphatic heterocycles. The molecule has 0 fully saturated rings. The third-order valence-electron chi connectivity index (χ3n) is 3.80. The van der Waals surface area contributed by atoms with Crippen molar-refractivity contribution in [2.24, 2.45) is 5.73 Å². The van der Waals surface area contributed by atoms with Crippen molar-refractivity contribution in [2.45, 2.75) is 25.4 Å². The van der Waals surface area contributed by atoms with Crippen LogP contribution < -0.4 is 10.5 Å². The first-order valence-electron chi connectivity index (χ1n) is 6.83. The fraction of sp³-hybridized carbons (Fsp3) is 0.333. The second kappa shape index (κ2) is 5.21. The summed E-state index contributed by atoms with van der Waals surface area (Å²) in [4.78, 5) is 15.7. The number of imidazole rings is 1. The molecule has 0 saturated heterocycles. The number of methoxy groups -OCH3 is 1. The molecular formula is C15H17N3O3. The Hall–Kier alpha value is -2.34. The molecule has 2 heterocycles. The molecule has 1 aliphatic rings. The molecule has 110 valence electrons. The molecule has 6 nitrogen and oxygen atoms in total. The molecule has 3 N–H and O–H groups in total. The van der Waals surface area contributed by atoms with Gasteiger partial charge in [-0.15, -0.1) is 0 Å². The van der Waals surface area contributed by atoms with Crippen LogP contribution in [-0.2, 0) is 13.0 Å². The van der Waals surface area contributed by atoms with Gasteiger partial charge in [0.25, 0.3) is 0 Å². The zero-order chi connectivity index (χ0) is 15.0. The number of rotatable bonds is 3. The summed E-state index contributed by atoms with van der Waals surface area (Å²) in [5, 5.41) is 9.33. The molecule has 0 radical (unpaired) electrons. The zero-order valence-electron chi connectivity index (χ0n) is 11.7. The summed E-state index contributed by atoms with van der Waals surface area (Å²) < 4.78 is 7.10. The second-order valence-corrected chi connectivity index (χ2v) is 5.17. The summed E-state index contributed by atoms with van der Waals surface area (Å²) in [5.41, 5.74) is 7.65. The minimum atomic E-state index is -1.01. The van der Waals surface area contributed by atoms with Crippen molar-refractivity contribution in [1.29, 1.82) is 0 Å². The highest BCUT2D eigenvalue weighted by atomic mass is 16.5. The SMILES string of the molecule is COc1ccc(-c2nc(C(=O)O)c3n2CCC(N)C3)cc1. The highest BCUT2D eigenvalue weighted by Crippen LogP contribution is 2.28. The van der Waals surface area contributed by atoms with Crippen molar-refractivity contribution in [2.75, 3.05) is 7.11 Å². The molecule has 6 heteroatoms. The van der Waals surface area contributed by atoms with Gasteiger partial charge in [-0.1, -0.05) is 0 Å². The van der Waals surface area contributed by atoms with Crippen molar-refractivity contribution in [3.05, 3.63) is 35.7 Å². The molecule has 1 aromatic heterocycles. The normalized spacial score (nSPS) is 17.3. The minimum Gasteiger partial charge on any atom is -0.497 e. The third-order valence-corrected chi connectivity index (χ3v) is 3.80. The lowest BCUT2D eigenvalue weighted by Crippen LogP contribution is -2.31. The van der Waals surface area contributed by atoms with Crippen LogP contribution in [0.25, 0.3) is 11.4 Å². The Bertz CT molecular complexity index is 676. The van der Waals surface area contributed by atoms with Gasteiger partial charge in [0.1, 0.15) is 11.6 Å². The van der Waals surface area contributed by atoms with Gasteiger partial charge in [-0.05, 0) is 30.7 Å². The number of ether oxygens (including phenoxy) is 1. The lowest BCUT2D eigenvalue weighted by Gasteiger charge is -2.22. The molecule has 2 aromatic rings. The molecular weight excluding hydrogens is 270 g/mol. The molecule has 0 bridgehead atoms. The topological polar surface area (TPSA) is 90.4 Å². The maximum absolute atomic E-state index is 11.4. The number of carboxylic acids is 1. The van der Waals surface area contributed by atoms with E-state index in [2.05, 4.69) is 4.98 Å². The molecule has 3 rings (SSSR count). The first-order chi connectivity index (χ1) is 10.1. The van der Waals surface area contributed by atoms with Crippen LogP contribution in [0.1, 0.15) is 22.6 Å². The summed E-state index contributed by atoms with van der Waals surface area (Å²) in [6.45, 7) is 0.693. The fourth-order valence-electron chi connectivity index (χ4n) is 2.71. The number of carboxylic acid groups (broad SMARTS) is 1. The second-order valence-electron chi connectivity index (χ2n) is 5.17. The Labute approximate surface area is 122 Å². The van der Waals surface area contributed by atoms with E-state index < -0.39 is 5.97 Å². The Morgan fingerprint density at radius 2 is 2.14 bits per heavy atom. The summed E-state index contributed by atoms with van der Waals surface area (Å²) in [6, 6.07) is 7.44. The molecule has 21 heavy (non-hydrogen) atoms. The van der Waals surface area contributed by atoms with Crippen LogP contribution in [0, 0.1) is 0 Å². The van der Waals surface area contributed by atoms with E-state index in [1.165, 1.54) is 0 Å². The van der Waals surface area contributed by atoms with Crippen molar-refractivity contribution in [3.63, 3.8) is 0 Å². The average molecular weight is 287 g/mol. The van der Waals surface area contributed by atoms with Gasteiger partial charge in [-0.25, -0.2) is 9.78 Å². The Kier molecular flexibility index (Phi) is 3.39. The quantitative estimate of drug-likeness (QED) is 0.893. The van der Waals surface area contributed by atoms with Gasteiger partial charge in [-0.3, -0.25) is 0 Å². The van der Waals surface area contributed by atoms with Gasteiger partial charge in [0.05, 0.1) is 12.8 Å². The standard InChI is InChI=1S/C15H17N3O3/c1-21-11-4-2-9(3-5-11)14-17-13(15(19)20)12-8-10(16)6-7-18(12)14/h2-5,10H,6-8,16H2,1H3,(H,19,20). The largest absolute Gasteiger partial charge is 0.497 e. The van der Waals surface area contributed by atoms with Crippen LogP contribution in [0.2, 0.25) is 0 Å². The maximum atomic E-state index is 11.4. The van der Waals surface area contributed by atoms with E-state index in [1.807, 2.05) is 28.8 Å². The first kappa shape index (κ1) is 13.6. The van der Waals surface area contributed by atoms with E-state index in [1.54, 1.807) is 7.11 Å². The van der Waals surface area contributed by atoms with Crippen LogP contribution in [0.3, 0.4) is 0 Å². The number of benzene rings is 1. The highest BCUT2D eigenvalue weighted by Gasteiger charge is 2.27. The van der Waals surface area contributed by atoms with Crippen LogP contribution in [0.15, 0.2) is 24.3 Å². The number of nitrogens with zero attached hydrogens (tertiary/aromatic N) is 2. The van der Waals surface area contributed by atoms with Crippen LogP contribution >= 0.6 is 0 Å². The number of carbonyl (C=O) groups is 1. The smallest absolute Gasteiger partial charge is 0.356 e. The lowest BCUT2D eigenvalue weighted by molar-refractivity contribution is 0.0689. The van der Waals surface area contributed by atoms with Gasteiger partial charge in [0.2, 0.25) is 0 Å². The zero-order valence-corrected chi connectivity index (χ0v) is 11.7. The Morgan fingerprint density at radius 3 is 2.76 bits per heavy atom. The number of aromatic nitrogens is 2. The van der Waals surface area contributed by atoms with Crippen molar-refractivity contribution >= 4 is 5.97 Å². The van der Waals surface area contributed by atoms with E-state index >= 15 is 0 Å². The molecule has 1 unspecified atom stereocenters. The van der Waals surface area contributed by atoms with E-state index in [9.17, 15) is 9.90 Å². The summed E-state index contributed by atoms with van der Waals surface area (Å²) in [7, 11) is 1.61. The maximum Gasteiger partial charge on any atom is 0.356 e. The lowest BCUT2D eigenvalue weighted by atomic mass is 10.0. The summed E-state index contributed by atoms with van der Waals surface area (Å²) in [6.07, 6.45) is 1.37. The summed E-state index contributed by atoms with van der Waals surface area (Å²) >= 11 is 0. The molecule has 0 aliphatic carbocycles. The van der Waals surface area contributed by atoms with E-state index in [-0.39, 0.29) is 11.7 Å². The predicted molar refractivity (Wildman–Crippen MR) is 77.5 cm³/mol. The third kappa shape index (κ3) is 2.38. The molecule has 1 aromatic carbocycles. The van der Waals surface area contributed by atoms with Gasteiger partial charge in [0, 0.05) is 24.6 Å². The number of hydrogen-bond acceptors (Lipinski definition) is 4. The number of aromatic carboxylic acids is 1. The molecule has 0 amide bonds. The number of hydrogen-bond donors (Lipinski definition) is 2. The van der Waals surface area contributed by atoms with Crippen molar-refractivity contribution in [3.8, 4) is 17.1 Å². The van der Waals surface area contributed by atoms with Gasteiger partial charge in [-0.2, -0.15) is 0 Å². The van der Waals surface area contributed by atoms with Gasteiger partial charge in [0.15, 0.2) is 5.69 Å². The summed E-state index contributed by atoms with van der Waals surface area (Å²) in [5.74, 6) is 0.425. The Morgan fingerprint density at radius 1 is 1.43 bits per heavy atom. The fourth-order valence-corrected chi connectivity index (χ4v) is 2.71. The van der Waals surface area contributed by atoms with E-state index in [0.29, 0.717) is 24.5 Å². The highest BCUT2D eigenvalue weighted by molar-refractivity contribution is 5.88. The molecule has 1 atom stereocenters. The first-order valence-corrected chi connectivity index (χ1v) is 6.83. The number of nitrogens with two attached hydrogens (primary N) is 1. The minimum absolute atomic E-state index is 0.00369. The van der Waals surface area contributed by atoms with Gasteiger partial charge >= 0.3 is 5.97 Å². The monoisotopic (exact) mass is 287 g/mol. The Balaban J connectivity index is 2.10. The number of fused-ring (bicyclic) bond motifs is 1. The van der Waals surface area contributed by atoms with E-state index in [0.717, 1.165) is 17.7 Å². The van der Waals surface area contributed by atoms with Crippen LogP contribution in [-0.4, -0.2) is 33.8 Å². The van der Waals surface area contributed by atoms with Crippen molar-refractivity contribution < 1.29 is 14.6 Å². The molecule has 0 saturated carbocycles.